The van der Waals surface area contributed by atoms with Gasteiger partial charge in [0.05, 0.1) is 17.8 Å². The van der Waals surface area contributed by atoms with Crippen LogP contribution in [0.4, 0.5) is 5.69 Å². The number of hydrogen-bond acceptors (Lipinski definition) is 5. The normalized spacial score (nSPS) is 15.5. The maximum absolute atomic E-state index is 13.0. The number of rotatable bonds is 11. The highest BCUT2D eigenvalue weighted by molar-refractivity contribution is 6.14. The molecule has 2 aromatic rings. The summed E-state index contributed by atoms with van der Waals surface area (Å²) in [6.45, 7) is 8.47. The molecular weight excluding hydrogens is 442 g/mol. The Bertz CT molecular complexity index is 985. The van der Waals surface area contributed by atoms with Crippen molar-refractivity contribution in [2.24, 2.45) is 5.92 Å². The average Bonchev–Trinajstić information content (AvgIpc) is 2.88. The molecule has 1 atom stereocenters. The molecule has 188 valence electrons. The van der Waals surface area contributed by atoms with Crippen LogP contribution in [-0.2, 0) is 14.3 Å². The van der Waals surface area contributed by atoms with E-state index < -0.39 is 0 Å². The molecule has 7 nitrogen and oxygen atoms in total. The number of carbonyl (C=O) groups is 3. The highest BCUT2D eigenvalue weighted by atomic mass is 16.5. The molecular formula is C28H37N3O4. The van der Waals surface area contributed by atoms with Crippen molar-refractivity contribution in [3.8, 4) is 0 Å². The van der Waals surface area contributed by atoms with Crippen LogP contribution in [0.15, 0.2) is 54.6 Å². The fourth-order valence-electron chi connectivity index (χ4n) is 4.23. The van der Waals surface area contributed by atoms with Gasteiger partial charge in [0, 0.05) is 30.2 Å². The standard InChI is InChI=1S/C28H37N3O4/c1-20(2)35-19-9-16-29-28(34)23-14-17-31(18-15-23)21(3)27(33)30-25-13-8-7-12-24(25)26(32)22-10-5-4-6-11-22/h4-8,10-13,20-21,23H,9,14-19H2,1-3H3,(H,29,34)(H,30,33). The quantitative estimate of drug-likeness (QED) is 0.377. The van der Waals surface area contributed by atoms with E-state index in [0.29, 0.717) is 43.1 Å². The maximum Gasteiger partial charge on any atom is 0.241 e. The van der Waals surface area contributed by atoms with Crippen LogP contribution in [0, 0.1) is 5.92 Å². The molecule has 0 aromatic heterocycles. The van der Waals surface area contributed by atoms with Gasteiger partial charge in [-0.1, -0.05) is 42.5 Å². The Kier molecular flexibility index (Phi) is 9.99. The summed E-state index contributed by atoms with van der Waals surface area (Å²) in [4.78, 5) is 40.6. The van der Waals surface area contributed by atoms with Crippen molar-refractivity contribution in [1.29, 1.82) is 0 Å². The summed E-state index contributed by atoms with van der Waals surface area (Å²) in [7, 11) is 0. The van der Waals surface area contributed by atoms with E-state index in [4.69, 9.17) is 4.74 Å². The first-order valence-corrected chi connectivity index (χ1v) is 12.5. The Hall–Kier alpha value is -3.03. The number of piperidine rings is 1. The van der Waals surface area contributed by atoms with E-state index >= 15 is 0 Å². The topological polar surface area (TPSA) is 87.7 Å². The summed E-state index contributed by atoms with van der Waals surface area (Å²) < 4.78 is 5.50. The fraction of sp³-hybridized carbons (Fsp3) is 0.464. The summed E-state index contributed by atoms with van der Waals surface area (Å²) in [5.41, 5.74) is 1.55. The molecule has 7 heteroatoms. The van der Waals surface area contributed by atoms with E-state index in [9.17, 15) is 14.4 Å². The number of amides is 2. The lowest BCUT2D eigenvalue weighted by Gasteiger charge is -2.34. The average molecular weight is 480 g/mol. The summed E-state index contributed by atoms with van der Waals surface area (Å²) in [5.74, 6) is -0.237. The number of nitrogens with one attached hydrogen (secondary N) is 2. The van der Waals surface area contributed by atoms with Crippen molar-refractivity contribution in [2.75, 3.05) is 31.6 Å². The number of likely N-dealkylation sites (tertiary alicyclic amines) is 1. The Balaban J connectivity index is 1.49. The highest BCUT2D eigenvalue weighted by Crippen LogP contribution is 2.22. The summed E-state index contributed by atoms with van der Waals surface area (Å²) >= 11 is 0. The number of ether oxygens (including phenoxy) is 1. The van der Waals surface area contributed by atoms with E-state index in [1.54, 1.807) is 36.4 Å². The van der Waals surface area contributed by atoms with Gasteiger partial charge in [0.1, 0.15) is 0 Å². The third-order valence-corrected chi connectivity index (χ3v) is 6.36. The first-order valence-electron chi connectivity index (χ1n) is 12.5. The molecule has 0 aliphatic carbocycles. The van der Waals surface area contributed by atoms with Gasteiger partial charge in [-0.05, 0) is 65.3 Å². The van der Waals surface area contributed by atoms with Crippen LogP contribution in [0.5, 0.6) is 0 Å². The predicted octanol–water partition coefficient (Wildman–Crippen LogP) is 3.89. The van der Waals surface area contributed by atoms with Crippen molar-refractivity contribution < 1.29 is 19.1 Å². The number of anilines is 1. The molecule has 1 aliphatic heterocycles. The van der Waals surface area contributed by atoms with Crippen LogP contribution in [-0.4, -0.2) is 60.9 Å². The molecule has 2 N–H and O–H groups in total. The predicted molar refractivity (Wildman–Crippen MR) is 137 cm³/mol. The lowest BCUT2D eigenvalue weighted by Crippen LogP contribution is -2.48. The van der Waals surface area contributed by atoms with Crippen molar-refractivity contribution in [2.45, 2.75) is 52.2 Å². The van der Waals surface area contributed by atoms with Crippen LogP contribution >= 0.6 is 0 Å². The lowest BCUT2D eigenvalue weighted by atomic mass is 9.94. The number of nitrogens with zero attached hydrogens (tertiary/aromatic N) is 1. The Morgan fingerprint density at radius 1 is 0.971 bits per heavy atom. The van der Waals surface area contributed by atoms with Crippen LogP contribution in [0.25, 0.3) is 0 Å². The van der Waals surface area contributed by atoms with Gasteiger partial charge in [0.15, 0.2) is 5.78 Å². The summed E-state index contributed by atoms with van der Waals surface area (Å²) in [5, 5.41) is 5.95. The van der Waals surface area contributed by atoms with Crippen molar-refractivity contribution in [1.82, 2.24) is 10.2 Å². The van der Waals surface area contributed by atoms with Crippen molar-refractivity contribution in [3.63, 3.8) is 0 Å². The SMILES string of the molecule is CC(C)OCCCNC(=O)C1CCN(C(C)C(=O)Nc2ccccc2C(=O)c2ccccc2)CC1. The largest absolute Gasteiger partial charge is 0.379 e. The molecule has 2 amide bonds. The molecule has 1 saturated heterocycles. The minimum Gasteiger partial charge on any atom is -0.379 e. The van der Waals surface area contributed by atoms with E-state index in [0.717, 1.165) is 19.3 Å². The smallest absolute Gasteiger partial charge is 0.241 e. The Morgan fingerprint density at radius 3 is 2.31 bits per heavy atom. The van der Waals surface area contributed by atoms with Gasteiger partial charge in [-0.2, -0.15) is 0 Å². The molecule has 2 aromatic carbocycles. The molecule has 0 bridgehead atoms. The molecule has 0 saturated carbocycles. The van der Waals surface area contributed by atoms with E-state index in [1.807, 2.05) is 39.0 Å². The van der Waals surface area contributed by atoms with E-state index in [2.05, 4.69) is 15.5 Å². The van der Waals surface area contributed by atoms with Gasteiger partial charge in [0.25, 0.3) is 0 Å². The third-order valence-electron chi connectivity index (χ3n) is 6.36. The zero-order chi connectivity index (χ0) is 25.2. The van der Waals surface area contributed by atoms with Gasteiger partial charge in [-0.3, -0.25) is 19.3 Å². The van der Waals surface area contributed by atoms with Gasteiger partial charge in [-0.15, -0.1) is 0 Å². The number of para-hydroxylation sites is 1. The number of carbonyl (C=O) groups excluding carboxylic acids is 3. The molecule has 3 rings (SSSR count). The zero-order valence-electron chi connectivity index (χ0n) is 21.0. The fourth-order valence-corrected chi connectivity index (χ4v) is 4.23. The minimum absolute atomic E-state index is 0.0308. The van der Waals surface area contributed by atoms with Gasteiger partial charge >= 0.3 is 0 Å². The van der Waals surface area contributed by atoms with Crippen LogP contribution in [0.1, 0.15) is 56.0 Å². The Labute approximate surface area is 208 Å². The monoisotopic (exact) mass is 479 g/mol. The van der Waals surface area contributed by atoms with Gasteiger partial charge < -0.3 is 15.4 Å². The second kappa shape index (κ2) is 13.2. The Morgan fingerprint density at radius 2 is 1.63 bits per heavy atom. The summed E-state index contributed by atoms with van der Waals surface area (Å²) in [6, 6.07) is 15.8. The number of hydrogen-bond donors (Lipinski definition) is 2. The molecule has 1 aliphatic rings. The highest BCUT2D eigenvalue weighted by Gasteiger charge is 2.30. The van der Waals surface area contributed by atoms with Crippen LogP contribution in [0.2, 0.25) is 0 Å². The molecule has 0 radical (unpaired) electrons. The summed E-state index contributed by atoms with van der Waals surface area (Å²) in [6.07, 6.45) is 2.44. The second-order valence-corrected chi connectivity index (χ2v) is 9.28. The van der Waals surface area contributed by atoms with E-state index in [1.165, 1.54) is 0 Å². The van der Waals surface area contributed by atoms with Crippen LogP contribution < -0.4 is 10.6 Å². The minimum atomic E-state index is -0.368. The molecule has 0 spiro atoms. The van der Waals surface area contributed by atoms with Crippen LogP contribution in [0.3, 0.4) is 0 Å². The first-order chi connectivity index (χ1) is 16.9. The third kappa shape index (κ3) is 7.73. The lowest BCUT2D eigenvalue weighted by molar-refractivity contribution is -0.127. The van der Waals surface area contributed by atoms with Crippen molar-refractivity contribution in [3.05, 3.63) is 65.7 Å². The zero-order valence-corrected chi connectivity index (χ0v) is 21.0. The molecule has 35 heavy (non-hydrogen) atoms. The van der Waals surface area contributed by atoms with Gasteiger partial charge in [0.2, 0.25) is 11.8 Å². The second-order valence-electron chi connectivity index (χ2n) is 9.28. The van der Waals surface area contributed by atoms with Gasteiger partial charge in [-0.25, -0.2) is 0 Å². The maximum atomic E-state index is 13.0. The van der Waals surface area contributed by atoms with E-state index in [-0.39, 0.29) is 35.7 Å². The van der Waals surface area contributed by atoms with Crippen molar-refractivity contribution >= 4 is 23.3 Å². The molecule has 1 heterocycles. The first kappa shape index (κ1) is 26.6. The molecule has 1 unspecified atom stereocenters. The molecule has 1 fully saturated rings. The number of ketones is 1. The number of benzene rings is 2.